The molecule has 1 amide bonds. The molecule has 1 atom stereocenters. The zero-order valence-electron chi connectivity index (χ0n) is 17.4. The summed E-state index contributed by atoms with van der Waals surface area (Å²) in [6.45, 7) is 0.440. The molecule has 160 valence electrons. The first-order chi connectivity index (χ1) is 15.0. The third-order valence-corrected chi connectivity index (χ3v) is 6.02. The molecule has 0 aromatic heterocycles. The summed E-state index contributed by atoms with van der Waals surface area (Å²) < 4.78 is 5.09. The Morgan fingerprint density at radius 3 is 1.68 bits per heavy atom. The highest BCUT2D eigenvalue weighted by atomic mass is 16.5. The molecule has 1 fully saturated rings. The summed E-state index contributed by atoms with van der Waals surface area (Å²) in [5.41, 5.74) is 7.18. The van der Waals surface area contributed by atoms with Gasteiger partial charge in [0.2, 0.25) is 5.91 Å². The topological polar surface area (TPSA) is 84.6 Å². The maximum absolute atomic E-state index is 13.2. The fraction of sp³-hybridized carbons (Fsp3) is 0.269. The number of ether oxygens (including phenoxy) is 1. The highest BCUT2D eigenvalue weighted by Crippen LogP contribution is 2.37. The van der Waals surface area contributed by atoms with E-state index in [4.69, 9.17) is 10.5 Å². The van der Waals surface area contributed by atoms with Gasteiger partial charge in [-0.2, -0.15) is 0 Å². The quantitative estimate of drug-likeness (QED) is 0.493. The van der Waals surface area contributed by atoms with Crippen LogP contribution >= 0.6 is 0 Å². The lowest BCUT2D eigenvalue weighted by Gasteiger charge is -2.41. The zero-order chi connectivity index (χ0) is 21.7. The number of amides is 1. The van der Waals surface area contributed by atoms with Crippen molar-refractivity contribution in [2.24, 2.45) is 5.73 Å². The van der Waals surface area contributed by atoms with Crippen LogP contribution in [0.25, 0.3) is 0 Å². The van der Waals surface area contributed by atoms with Crippen molar-refractivity contribution < 1.29 is 14.6 Å². The minimum atomic E-state index is -1.03. The van der Waals surface area contributed by atoms with Crippen molar-refractivity contribution >= 4 is 5.91 Å². The van der Waals surface area contributed by atoms with Crippen molar-refractivity contribution in [2.75, 3.05) is 13.2 Å². The van der Waals surface area contributed by atoms with E-state index >= 15 is 0 Å². The molecule has 5 heteroatoms. The molecule has 0 saturated carbocycles. The monoisotopic (exact) mass is 416 g/mol. The Bertz CT molecular complexity index is 892. The Kier molecular flexibility index (Phi) is 6.18. The second-order valence-corrected chi connectivity index (χ2v) is 8.14. The van der Waals surface area contributed by atoms with E-state index in [1.54, 1.807) is 0 Å². The maximum atomic E-state index is 13.2. The van der Waals surface area contributed by atoms with E-state index in [1.807, 2.05) is 91.0 Å². The minimum Gasteiger partial charge on any atom is -0.383 e. The number of carbonyl (C=O) groups excluding carboxylic acids is 1. The highest BCUT2D eigenvalue weighted by molar-refractivity contribution is 5.79. The van der Waals surface area contributed by atoms with E-state index in [9.17, 15) is 9.90 Å². The third kappa shape index (κ3) is 4.26. The molecule has 3 aromatic rings. The molecule has 1 heterocycles. The SMILES string of the molecule is N[C@@H](CCC(=O)NC(c1ccccc1)(c1ccccc1)c1ccccc1)C1(O)COC1. The Morgan fingerprint density at radius 2 is 1.32 bits per heavy atom. The van der Waals surface area contributed by atoms with Gasteiger partial charge in [-0.05, 0) is 23.1 Å². The first-order valence-corrected chi connectivity index (χ1v) is 10.6. The normalized spacial score (nSPS) is 16.2. The van der Waals surface area contributed by atoms with Gasteiger partial charge < -0.3 is 20.9 Å². The van der Waals surface area contributed by atoms with Crippen LogP contribution in [0.3, 0.4) is 0 Å². The van der Waals surface area contributed by atoms with Gasteiger partial charge in [0, 0.05) is 12.5 Å². The van der Waals surface area contributed by atoms with Crippen molar-refractivity contribution in [1.82, 2.24) is 5.32 Å². The Balaban J connectivity index is 1.69. The fourth-order valence-corrected chi connectivity index (χ4v) is 4.13. The average molecular weight is 417 g/mol. The second-order valence-electron chi connectivity index (χ2n) is 8.14. The molecule has 0 bridgehead atoms. The predicted octanol–water partition coefficient (Wildman–Crippen LogP) is 2.96. The predicted molar refractivity (Wildman–Crippen MR) is 120 cm³/mol. The molecular weight excluding hydrogens is 388 g/mol. The molecule has 5 nitrogen and oxygen atoms in total. The van der Waals surface area contributed by atoms with Gasteiger partial charge in [-0.1, -0.05) is 91.0 Å². The van der Waals surface area contributed by atoms with Gasteiger partial charge >= 0.3 is 0 Å². The number of hydrogen-bond acceptors (Lipinski definition) is 4. The number of benzene rings is 3. The molecule has 4 N–H and O–H groups in total. The van der Waals surface area contributed by atoms with Gasteiger partial charge in [0.25, 0.3) is 0 Å². The standard InChI is InChI=1S/C26H28N2O3/c27-23(25(30)18-31-19-25)16-17-24(29)28-26(20-10-4-1-5-11-20,21-12-6-2-7-13-21)22-14-8-3-9-15-22/h1-15,23,30H,16-19,27H2,(H,28,29)/t23-/m0/s1. The molecule has 1 saturated heterocycles. The average Bonchev–Trinajstić information content (AvgIpc) is 2.81. The lowest BCUT2D eigenvalue weighted by molar-refractivity contribution is -0.190. The number of carbonyl (C=O) groups is 1. The number of rotatable bonds is 8. The molecule has 0 spiro atoms. The van der Waals surface area contributed by atoms with Crippen LogP contribution in [0.2, 0.25) is 0 Å². The molecule has 3 aromatic carbocycles. The van der Waals surface area contributed by atoms with Crippen LogP contribution < -0.4 is 11.1 Å². The largest absolute Gasteiger partial charge is 0.383 e. The van der Waals surface area contributed by atoms with Crippen molar-refractivity contribution in [1.29, 1.82) is 0 Å². The summed E-state index contributed by atoms with van der Waals surface area (Å²) in [4.78, 5) is 13.2. The van der Waals surface area contributed by atoms with Crippen LogP contribution in [0.5, 0.6) is 0 Å². The lowest BCUT2D eigenvalue weighted by atomic mass is 9.76. The number of nitrogens with one attached hydrogen (secondary N) is 1. The van der Waals surface area contributed by atoms with Crippen LogP contribution in [0.4, 0.5) is 0 Å². The molecule has 0 unspecified atom stereocenters. The maximum Gasteiger partial charge on any atom is 0.221 e. The first kappa shape index (κ1) is 21.2. The van der Waals surface area contributed by atoms with E-state index in [0.717, 1.165) is 16.7 Å². The van der Waals surface area contributed by atoms with Gasteiger partial charge in [-0.15, -0.1) is 0 Å². The van der Waals surface area contributed by atoms with Gasteiger partial charge in [-0.25, -0.2) is 0 Å². The van der Waals surface area contributed by atoms with Crippen LogP contribution in [0.15, 0.2) is 91.0 Å². The van der Waals surface area contributed by atoms with E-state index in [-0.39, 0.29) is 25.5 Å². The Labute approximate surface area is 182 Å². The highest BCUT2D eigenvalue weighted by Gasteiger charge is 2.42. The molecule has 0 aliphatic carbocycles. The first-order valence-electron chi connectivity index (χ1n) is 10.6. The lowest BCUT2D eigenvalue weighted by Crippen LogP contribution is -2.61. The van der Waals surface area contributed by atoms with Crippen LogP contribution in [-0.4, -0.2) is 35.9 Å². The Morgan fingerprint density at radius 1 is 0.903 bits per heavy atom. The number of hydrogen-bond donors (Lipinski definition) is 3. The van der Waals surface area contributed by atoms with Crippen LogP contribution in [-0.2, 0) is 15.1 Å². The van der Waals surface area contributed by atoms with E-state index < -0.39 is 17.2 Å². The second kappa shape index (κ2) is 9.02. The Hall–Kier alpha value is -2.99. The summed E-state index contributed by atoms with van der Waals surface area (Å²) >= 11 is 0. The molecule has 1 aliphatic rings. The molecule has 31 heavy (non-hydrogen) atoms. The summed E-state index contributed by atoms with van der Waals surface area (Å²) in [7, 11) is 0. The summed E-state index contributed by atoms with van der Waals surface area (Å²) in [6.07, 6.45) is 0.581. The molecule has 4 rings (SSSR count). The molecule has 0 radical (unpaired) electrons. The van der Waals surface area contributed by atoms with Crippen LogP contribution in [0.1, 0.15) is 29.5 Å². The van der Waals surface area contributed by atoms with Crippen molar-refractivity contribution in [3.05, 3.63) is 108 Å². The zero-order valence-corrected chi connectivity index (χ0v) is 17.4. The minimum absolute atomic E-state index is 0.129. The van der Waals surface area contributed by atoms with Gasteiger partial charge in [-0.3, -0.25) is 4.79 Å². The summed E-state index contributed by atoms with van der Waals surface area (Å²) in [6, 6.07) is 29.4. The van der Waals surface area contributed by atoms with E-state index in [0.29, 0.717) is 6.42 Å². The molecular formula is C26H28N2O3. The summed E-state index contributed by atoms with van der Waals surface area (Å²) in [5.74, 6) is -0.129. The van der Waals surface area contributed by atoms with Crippen molar-refractivity contribution in [3.8, 4) is 0 Å². The van der Waals surface area contributed by atoms with E-state index in [1.165, 1.54) is 0 Å². The van der Waals surface area contributed by atoms with E-state index in [2.05, 4.69) is 5.32 Å². The van der Waals surface area contributed by atoms with Crippen LogP contribution in [0, 0.1) is 0 Å². The number of nitrogens with two attached hydrogens (primary N) is 1. The van der Waals surface area contributed by atoms with Gasteiger partial charge in [0.05, 0.1) is 13.2 Å². The van der Waals surface area contributed by atoms with Crippen molar-refractivity contribution in [3.63, 3.8) is 0 Å². The fourth-order valence-electron chi connectivity index (χ4n) is 4.13. The van der Waals surface area contributed by atoms with Crippen molar-refractivity contribution in [2.45, 2.75) is 30.0 Å². The smallest absolute Gasteiger partial charge is 0.221 e. The molecule has 1 aliphatic heterocycles. The summed E-state index contributed by atoms with van der Waals surface area (Å²) in [5, 5.41) is 13.7. The number of aliphatic hydroxyl groups is 1. The third-order valence-electron chi connectivity index (χ3n) is 6.02. The van der Waals surface area contributed by atoms with Gasteiger partial charge in [0.1, 0.15) is 11.1 Å². The van der Waals surface area contributed by atoms with Gasteiger partial charge in [0.15, 0.2) is 0 Å².